The highest BCUT2D eigenvalue weighted by molar-refractivity contribution is 9.10. The molecule has 4 nitrogen and oxygen atoms in total. The number of rotatable bonds is 4. The summed E-state index contributed by atoms with van der Waals surface area (Å²) in [5, 5.41) is 3.15. The minimum atomic E-state index is 0.512. The lowest BCUT2D eigenvalue weighted by atomic mass is 10.2. The summed E-state index contributed by atoms with van der Waals surface area (Å²) in [4.78, 5) is 4.30. The first-order chi connectivity index (χ1) is 8.19. The fraction of sp³-hybridized carbons (Fsp3) is 0.417. The molecule has 3 N–H and O–H groups in total. The van der Waals surface area contributed by atoms with Crippen LogP contribution in [-0.2, 0) is 6.54 Å². The first kappa shape index (κ1) is 12.2. The van der Waals surface area contributed by atoms with E-state index < -0.39 is 0 Å². The molecule has 1 aliphatic rings. The van der Waals surface area contributed by atoms with E-state index in [0.29, 0.717) is 18.5 Å². The zero-order chi connectivity index (χ0) is 12.3. The van der Waals surface area contributed by atoms with E-state index in [1.54, 1.807) is 7.11 Å². The Hall–Kier alpha value is -1.23. The molecule has 0 amide bonds. The van der Waals surface area contributed by atoms with Gasteiger partial charge in [0, 0.05) is 16.1 Å². The van der Waals surface area contributed by atoms with Crippen molar-refractivity contribution in [1.82, 2.24) is 5.32 Å². The van der Waals surface area contributed by atoms with E-state index in [1.165, 1.54) is 12.8 Å². The molecule has 0 radical (unpaired) electrons. The van der Waals surface area contributed by atoms with Gasteiger partial charge in [0.25, 0.3) is 0 Å². The van der Waals surface area contributed by atoms with E-state index in [1.807, 2.05) is 18.2 Å². The van der Waals surface area contributed by atoms with Crippen LogP contribution in [0.2, 0.25) is 0 Å². The van der Waals surface area contributed by atoms with Crippen LogP contribution >= 0.6 is 15.9 Å². The lowest BCUT2D eigenvalue weighted by molar-refractivity contribution is 0.409. The SMILES string of the molecule is COc1cc(Br)ccc1CN=C(N)NC1CC1. The molecule has 0 unspecified atom stereocenters. The van der Waals surface area contributed by atoms with Gasteiger partial charge in [0.15, 0.2) is 5.96 Å². The second-order valence-electron chi connectivity index (χ2n) is 4.08. The van der Waals surface area contributed by atoms with Crippen LogP contribution in [0.1, 0.15) is 18.4 Å². The molecule has 0 bridgehead atoms. The summed E-state index contributed by atoms with van der Waals surface area (Å²) in [6.45, 7) is 0.530. The maximum atomic E-state index is 5.77. The average Bonchev–Trinajstić information content (AvgIpc) is 3.11. The number of methoxy groups -OCH3 is 1. The Balaban J connectivity index is 2.01. The third kappa shape index (κ3) is 3.63. The lowest BCUT2D eigenvalue weighted by Crippen LogP contribution is -2.33. The largest absolute Gasteiger partial charge is 0.496 e. The molecule has 0 atom stereocenters. The molecule has 0 saturated heterocycles. The maximum absolute atomic E-state index is 5.77. The molecule has 1 aromatic carbocycles. The molecule has 17 heavy (non-hydrogen) atoms. The summed E-state index contributed by atoms with van der Waals surface area (Å²) in [6.07, 6.45) is 2.38. The van der Waals surface area contributed by atoms with Crippen LogP contribution in [-0.4, -0.2) is 19.1 Å². The minimum Gasteiger partial charge on any atom is -0.496 e. The van der Waals surface area contributed by atoms with E-state index in [-0.39, 0.29) is 0 Å². The summed E-state index contributed by atoms with van der Waals surface area (Å²) in [7, 11) is 1.65. The van der Waals surface area contributed by atoms with Crippen LogP contribution < -0.4 is 15.8 Å². The van der Waals surface area contributed by atoms with Gasteiger partial charge in [-0.2, -0.15) is 0 Å². The Kier molecular flexibility index (Phi) is 3.89. The fourth-order valence-corrected chi connectivity index (χ4v) is 1.84. The quantitative estimate of drug-likeness (QED) is 0.660. The van der Waals surface area contributed by atoms with Gasteiger partial charge in [-0.1, -0.05) is 22.0 Å². The highest BCUT2D eigenvalue weighted by Gasteiger charge is 2.21. The number of halogens is 1. The second kappa shape index (κ2) is 5.40. The van der Waals surface area contributed by atoms with Crippen molar-refractivity contribution in [2.45, 2.75) is 25.4 Å². The van der Waals surface area contributed by atoms with Crippen molar-refractivity contribution in [3.05, 3.63) is 28.2 Å². The van der Waals surface area contributed by atoms with Gasteiger partial charge >= 0.3 is 0 Å². The normalized spacial score (nSPS) is 15.8. The number of nitrogens with zero attached hydrogens (tertiary/aromatic N) is 1. The topological polar surface area (TPSA) is 59.6 Å². The van der Waals surface area contributed by atoms with Crippen molar-refractivity contribution in [3.8, 4) is 5.75 Å². The number of hydrogen-bond acceptors (Lipinski definition) is 2. The molecule has 92 valence electrons. The Morgan fingerprint density at radius 1 is 1.59 bits per heavy atom. The van der Waals surface area contributed by atoms with Crippen molar-refractivity contribution < 1.29 is 4.74 Å². The highest BCUT2D eigenvalue weighted by Crippen LogP contribution is 2.24. The van der Waals surface area contributed by atoms with Crippen LogP contribution in [0.3, 0.4) is 0 Å². The molecule has 1 aromatic rings. The minimum absolute atomic E-state index is 0.512. The van der Waals surface area contributed by atoms with E-state index in [0.717, 1.165) is 15.8 Å². The molecule has 0 aromatic heterocycles. The summed E-state index contributed by atoms with van der Waals surface area (Å²) in [6, 6.07) is 6.41. The van der Waals surface area contributed by atoms with E-state index in [2.05, 4.69) is 26.2 Å². The van der Waals surface area contributed by atoms with Crippen molar-refractivity contribution in [3.63, 3.8) is 0 Å². The first-order valence-corrected chi connectivity index (χ1v) is 6.37. The molecule has 0 heterocycles. The van der Waals surface area contributed by atoms with Crippen LogP contribution in [0.4, 0.5) is 0 Å². The molecule has 1 fully saturated rings. The average molecular weight is 298 g/mol. The van der Waals surface area contributed by atoms with E-state index >= 15 is 0 Å². The number of ether oxygens (including phenoxy) is 1. The van der Waals surface area contributed by atoms with Gasteiger partial charge < -0.3 is 15.8 Å². The number of hydrogen-bond donors (Lipinski definition) is 2. The summed E-state index contributed by atoms with van der Waals surface area (Å²) < 4.78 is 6.28. The number of benzene rings is 1. The number of nitrogens with two attached hydrogens (primary N) is 1. The third-order valence-corrected chi connectivity index (χ3v) is 3.09. The predicted molar refractivity (Wildman–Crippen MR) is 72.2 cm³/mol. The van der Waals surface area contributed by atoms with Gasteiger partial charge in [-0.3, -0.25) is 0 Å². The predicted octanol–water partition coefficient (Wildman–Crippen LogP) is 2.02. The van der Waals surface area contributed by atoms with Crippen LogP contribution in [0.5, 0.6) is 5.75 Å². The summed E-state index contributed by atoms with van der Waals surface area (Å²) in [5.74, 6) is 1.33. The molecule has 0 spiro atoms. The van der Waals surface area contributed by atoms with Crippen LogP contribution in [0, 0.1) is 0 Å². The molecule has 2 rings (SSSR count). The third-order valence-electron chi connectivity index (χ3n) is 2.60. The molecular weight excluding hydrogens is 282 g/mol. The maximum Gasteiger partial charge on any atom is 0.189 e. The van der Waals surface area contributed by atoms with Crippen LogP contribution in [0.15, 0.2) is 27.7 Å². The van der Waals surface area contributed by atoms with Gasteiger partial charge in [-0.25, -0.2) is 4.99 Å². The Bertz CT molecular complexity index is 430. The second-order valence-corrected chi connectivity index (χ2v) is 4.99. The van der Waals surface area contributed by atoms with E-state index in [9.17, 15) is 0 Å². The lowest BCUT2D eigenvalue weighted by Gasteiger charge is -2.08. The smallest absolute Gasteiger partial charge is 0.189 e. The molecule has 0 aliphatic heterocycles. The fourth-order valence-electron chi connectivity index (χ4n) is 1.50. The summed E-state index contributed by atoms with van der Waals surface area (Å²) in [5.41, 5.74) is 6.80. The molecular formula is C12H16BrN3O. The Morgan fingerprint density at radius 3 is 3.00 bits per heavy atom. The van der Waals surface area contributed by atoms with Gasteiger partial charge in [0.05, 0.1) is 13.7 Å². The van der Waals surface area contributed by atoms with Crippen LogP contribution in [0.25, 0.3) is 0 Å². The first-order valence-electron chi connectivity index (χ1n) is 5.58. The van der Waals surface area contributed by atoms with Gasteiger partial charge in [-0.05, 0) is 25.0 Å². The standard InChI is InChI=1S/C12H16BrN3O/c1-17-11-6-9(13)3-2-8(11)7-15-12(14)16-10-4-5-10/h2-3,6,10H,4-5,7H2,1H3,(H3,14,15,16). The zero-order valence-electron chi connectivity index (χ0n) is 9.74. The number of nitrogens with one attached hydrogen (secondary N) is 1. The van der Waals surface area contributed by atoms with Crippen molar-refractivity contribution in [2.75, 3.05) is 7.11 Å². The molecule has 1 aliphatic carbocycles. The molecule has 1 saturated carbocycles. The van der Waals surface area contributed by atoms with E-state index in [4.69, 9.17) is 10.5 Å². The zero-order valence-corrected chi connectivity index (χ0v) is 11.3. The van der Waals surface area contributed by atoms with Crippen molar-refractivity contribution >= 4 is 21.9 Å². The van der Waals surface area contributed by atoms with Gasteiger partial charge in [-0.15, -0.1) is 0 Å². The van der Waals surface area contributed by atoms with Crippen molar-refractivity contribution in [1.29, 1.82) is 0 Å². The Labute approximate surface area is 109 Å². The summed E-state index contributed by atoms with van der Waals surface area (Å²) >= 11 is 3.41. The molecule has 5 heteroatoms. The number of guanidine groups is 1. The van der Waals surface area contributed by atoms with Gasteiger partial charge in [0.1, 0.15) is 5.75 Å². The highest BCUT2D eigenvalue weighted by atomic mass is 79.9. The monoisotopic (exact) mass is 297 g/mol. The Morgan fingerprint density at radius 2 is 2.35 bits per heavy atom. The number of aliphatic imine (C=N–C) groups is 1. The van der Waals surface area contributed by atoms with Gasteiger partial charge in [0.2, 0.25) is 0 Å². The van der Waals surface area contributed by atoms with Crippen molar-refractivity contribution in [2.24, 2.45) is 10.7 Å².